The fourth-order valence-electron chi connectivity index (χ4n) is 6.85. The van der Waals surface area contributed by atoms with Crippen molar-refractivity contribution in [3.05, 3.63) is 89.2 Å². The Bertz CT molecular complexity index is 1430. The molecule has 2 aliphatic heterocycles. The van der Waals surface area contributed by atoms with Crippen LogP contribution in [0.5, 0.6) is 11.5 Å². The van der Waals surface area contributed by atoms with Crippen molar-refractivity contribution in [3.8, 4) is 11.5 Å². The first-order valence-electron chi connectivity index (χ1n) is 15.6. The highest BCUT2D eigenvalue weighted by atomic mass is 19.1. The van der Waals surface area contributed by atoms with E-state index in [9.17, 15) is 14.3 Å². The molecule has 3 N–H and O–H groups in total. The second kappa shape index (κ2) is 12.5. The molecule has 8 heteroatoms. The Hall–Kier alpha value is -3.62. The highest BCUT2D eigenvalue weighted by molar-refractivity contribution is 5.83. The molecule has 4 atom stereocenters. The highest BCUT2D eigenvalue weighted by Crippen LogP contribution is 2.47. The third-order valence-corrected chi connectivity index (χ3v) is 9.27. The fraction of sp³-hybridized carbons (Fsp3) is 0.457. The molecule has 1 aliphatic carbocycles. The molecule has 0 radical (unpaired) electrons. The van der Waals surface area contributed by atoms with Crippen molar-refractivity contribution in [1.82, 2.24) is 10.6 Å². The van der Waals surface area contributed by atoms with Crippen LogP contribution in [0.4, 0.5) is 10.1 Å². The second-order valence-corrected chi connectivity index (χ2v) is 12.4. The zero-order valence-corrected chi connectivity index (χ0v) is 25.0. The summed E-state index contributed by atoms with van der Waals surface area (Å²) in [7, 11) is 1.85. The number of anilines is 1. The molecule has 43 heavy (non-hydrogen) atoms. The summed E-state index contributed by atoms with van der Waals surface area (Å²) in [5.41, 5.74) is 3.97. The Morgan fingerprint density at radius 2 is 1.86 bits per heavy atom. The van der Waals surface area contributed by atoms with Crippen molar-refractivity contribution in [1.29, 1.82) is 0 Å². The Kier molecular flexibility index (Phi) is 8.59. The summed E-state index contributed by atoms with van der Waals surface area (Å²) in [5, 5.41) is 18.3. The summed E-state index contributed by atoms with van der Waals surface area (Å²) in [6.45, 7) is 2.77. The standard InChI is InChI=1S/C35H42FN3O4/c1-3-23-11-14-31-26(17-23)28(20-35(43-31)15-7-8-16-35)37-21-30(40)27(18-24-9-5-4-6-10-24)38-34(41)33-22-39(2)29-13-12-25(36)19-32(29)42-33/h4-6,9-14,17,19,27-28,30,33,37,40H,3,7-8,15-16,18,20-22H2,1-2H3,(H,38,41)/t27-,28-,30+,33-/m0/s1. The maximum Gasteiger partial charge on any atom is 0.263 e. The number of nitrogens with one attached hydrogen (secondary N) is 2. The molecule has 1 amide bonds. The predicted octanol–water partition coefficient (Wildman–Crippen LogP) is 5.10. The van der Waals surface area contributed by atoms with Crippen molar-refractivity contribution >= 4 is 11.6 Å². The average Bonchev–Trinajstić information content (AvgIpc) is 3.46. The Labute approximate surface area is 253 Å². The van der Waals surface area contributed by atoms with Crippen molar-refractivity contribution in [2.75, 3.05) is 25.0 Å². The van der Waals surface area contributed by atoms with Crippen LogP contribution in [-0.4, -0.2) is 55.0 Å². The number of likely N-dealkylation sites (N-methyl/N-ethyl adjacent to an activating group) is 1. The van der Waals surface area contributed by atoms with Gasteiger partial charge in [-0.2, -0.15) is 0 Å². The third-order valence-electron chi connectivity index (χ3n) is 9.27. The van der Waals surface area contributed by atoms with Gasteiger partial charge in [0, 0.05) is 37.7 Å². The van der Waals surface area contributed by atoms with Crippen LogP contribution in [0.25, 0.3) is 0 Å². The van der Waals surface area contributed by atoms with Gasteiger partial charge in [-0.1, -0.05) is 49.4 Å². The summed E-state index contributed by atoms with van der Waals surface area (Å²) in [6, 6.07) is 20.1. The van der Waals surface area contributed by atoms with E-state index < -0.39 is 24.1 Å². The number of ether oxygens (including phenoxy) is 2. The van der Waals surface area contributed by atoms with E-state index in [1.54, 1.807) is 6.07 Å². The van der Waals surface area contributed by atoms with Gasteiger partial charge in [0.2, 0.25) is 0 Å². The largest absolute Gasteiger partial charge is 0.487 e. The van der Waals surface area contributed by atoms with Gasteiger partial charge in [0.05, 0.1) is 24.4 Å². The number of nitrogens with zero attached hydrogens (tertiary/aromatic N) is 1. The monoisotopic (exact) mass is 587 g/mol. The van der Waals surface area contributed by atoms with Crippen molar-refractivity contribution < 1.29 is 23.8 Å². The number of carbonyl (C=O) groups is 1. The number of aliphatic hydroxyl groups excluding tert-OH is 1. The number of benzene rings is 3. The smallest absolute Gasteiger partial charge is 0.263 e. The minimum absolute atomic E-state index is 0.0396. The number of rotatable bonds is 9. The van der Waals surface area contributed by atoms with E-state index in [-0.39, 0.29) is 17.6 Å². The topological polar surface area (TPSA) is 83.1 Å². The summed E-state index contributed by atoms with van der Waals surface area (Å²) in [4.78, 5) is 15.4. The van der Waals surface area contributed by atoms with Crippen molar-refractivity contribution in [3.63, 3.8) is 0 Å². The van der Waals surface area contributed by atoms with E-state index in [1.165, 1.54) is 30.5 Å². The second-order valence-electron chi connectivity index (χ2n) is 12.4. The molecule has 1 fully saturated rings. The number of hydrogen-bond acceptors (Lipinski definition) is 6. The van der Waals surface area contributed by atoms with E-state index in [0.29, 0.717) is 25.3 Å². The van der Waals surface area contributed by atoms with Gasteiger partial charge in [0.25, 0.3) is 5.91 Å². The molecule has 1 saturated carbocycles. The lowest BCUT2D eigenvalue weighted by molar-refractivity contribution is -0.129. The van der Waals surface area contributed by atoms with E-state index in [1.807, 2.05) is 42.3 Å². The van der Waals surface area contributed by atoms with Gasteiger partial charge in [0.15, 0.2) is 6.10 Å². The van der Waals surface area contributed by atoms with Crippen LogP contribution in [0.2, 0.25) is 0 Å². The van der Waals surface area contributed by atoms with Crippen molar-refractivity contribution in [2.45, 2.75) is 81.8 Å². The zero-order chi connectivity index (χ0) is 30.0. The number of aryl methyl sites for hydroxylation is 1. The van der Waals surface area contributed by atoms with Gasteiger partial charge >= 0.3 is 0 Å². The van der Waals surface area contributed by atoms with Crippen LogP contribution in [-0.2, 0) is 17.6 Å². The van der Waals surface area contributed by atoms with Gasteiger partial charge in [-0.25, -0.2) is 4.39 Å². The van der Waals surface area contributed by atoms with Crippen LogP contribution in [0.1, 0.15) is 61.8 Å². The predicted molar refractivity (Wildman–Crippen MR) is 165 cm³/mol. The first-order valence-corrected chi connectivity index (χ1v) is 15.6. The van der Waals surface area contributed by atoms with Gasteiger partial charge < -0.3 is 30.1 Å². The van der Waals surface area contributed by atoms with Crippen LogP contribution in [0, 0.1) is 5.82 Å². The molecule has 7 nitrogen and oxygen atoms in total. The molecule has 0 aromatic heterocycles. The van der Waals surface area contributed by atoms with E-state index >= 15 is 0 Å². The van der Waals surface area contributed by atoms with Crippen LogP contribution in [0.3, 0.4) is 0 Å². The Balaban J connectivity index is 1.18. The molecule has 6 rings (SSSR count). The normalized spacial score (nSPS) is 21.7. The van der Waals surface area contributed by atoms with E-state index in [0.717, 1.165) is 48.2 Å². The molecular weight excluding hydrogens is 545 g/mol. The molecule has 1 spiro atoms. The Morgan fingerprint density at radius 1 is 1.07 bits per heavy atom. The first kappa shape index (κ1) is 29.5. The van der Waals surface area contributed by atoms with Gasteiger partial charge in [-0.3, -0.25) is 4.79 Å². The van der Waals surface area contributed by atoms with Crippen LogP contribution >= 0.6 is 0 Å². The number of carbonyl (C=O) groups excluding carboxylic acids is 1. The van der Waals surface area contributed by atoms with E-state index in [4.69, 9.17) is 9.47 Å². The lowest BCUT2D eigenvalue weighted by atomic mass is 9.85. The highest BCUT2D eigenvalue weighted by Gasteiger charge is 2.43. The summed E-state index contributed by atoms with van der Waals surface area (Å²) in [5.74, 6) is 0.510. The fourth-order valence-corrected chi connectivity index (χ4v) is 6.85. The summed E-state index contributed by atoms with van der Waals surface area (Å²) < 4.78 is 26.5. The minimum atomic E-state index is -0.865. The quantitative estimate of drug-likeness (QED) is 0.323. The summed E-state index contributed by atoms with van der Waals surface area (Å²) in [6.07, 6.45) is 4.96. The SMILES string of the molecule is CCc1ccc2c(c1)[C@@H](NC[C@@H](O)[C@H](Cc1ccccc1)NC(=O)[C@@H]1CN(C)c3ccc(F)cc3O1)CC1(CCCC1)O2. The molecule has 3 aromatic rings. The van der Waals surface area contributed by atoms with Crippen LogP contribution in [0.15, 0.2) is 66.7 Å². The number of amides is 1. The third kappa shape index (κ3) is 6.50. The molecule has 228 valence electrons. The lowest BCUT2D eigenvalue weighted by Gasteiger charge is -2.41. The van der Waals surface area contributed by atoms with Gasteiger partial charge in [-0.05, 0) is 67.9 Å². The Morgan fingerprint density at radius 3 is 2.63 bits per heavy atom. The molecule has 0 bridgehead atoms. The molecule has 3 aliphatic rings. The van der Waals surface area contributed by atoms with E-state index in [2.05, 4.69) is 35.8 Å². The zero-order valence-electron chi connectivity index (χ0n) is 25.0. The number of halogens is 1. The van der Waals surface area contributed by atoms with Gasteiger partial charge in [-0.15, -0.1) is 0 Å². The molecule has 3 aromatic carbocycles. The maximum absolute atomic E-state index is 13.9. The molecule has 0 unspecified atom stereocenters. The minimum Gasteiger partial charge on any atom is -0.487 e. The number of hydrogen-bond donors (Lipinski definition) is 3. The average molecular weight is 588 g/mol. The number of fused-ring (bicyclic) bond motifs is 2. The van der Waals surface area contributed by atoms with Gasteiger partial charge in [0.1, 0.15) is 22.9 Å². The number of aliphatic hydroxyl groups is 1. The summed E-state index contributed by atoms with van der Waals surface area (Å²) >= 11 is 0. The maximum atomic E-state index is 13.9. The van der Waals surface area contributed by atoms with Crippen LogP contribution < -0.4 is 25.0 Å². The van der Waals surface area contributed by atoms with Crippen molar-refractivity contribution in [2.24, 2.45) is 0 Å². The first-order chi connectivity index (χ1) is 20.8. The lowest BCUT2D eigenvalue weighted by Crippen LogP contribution is -2.55. The molecule has 0 saturated heterocycles. The molecule has 2 heterocycles. The molecular formula is C35H42FN3O4.